The Kier molecular flexibility index (Phi) is 5.90. The SMILES string of the molecule is CC(=O)c1cccc(NC(=O)COC(=O)c2csc(-c3ccc(F)cc3)n2)c1. The van der Waals surface area contributed by atoms with Gasteiger partial charge in [0.1, 0.15) is 10.8 Å². The number of Topliss-reactive ketones (excluding diaryl/α,β-unsaturated/α-hetero) is 1. The predicted octanol–water partition coefficient (Wildman–Crippen LogP) is 3.95. The van der Waals surface area contributed by atoms with Crippen LogP contribution in [0.4, 0.5) is 10.1 Å². The minimum absolute atomic E-state index is 0.0655. The van der Waals surface area contributed by atoms with Crippen molar-refractivity contribution in [2.24, 2.45) is 0 Å². The lowest BCUT2D eigenvalue weighted by molar-refractivity contribution is -0.119. The number of halogens is 1. The number of ketones is 1. The number of carbonyl (C=O) groups excluding carboxylic acids is 3. The Morgan fingerprint density at radius 3 is 2.61 bits per heavy atom. The van der Waals surface area contributed by atoms with Gasteiger partial charge in [0.2, 0.25) is 0 Å². The molecule has 1 N–H and O–H groups in total. The number of benzene rings is 2. The van der Waals surface area contributed by atoms with Gasteiger partial charge in [-0.25, -0.2) is 14.2 Å². The van der Waals surface area contributed by atoms with E-state index in [4.69, 9.17) is 4.74 Å². The fourth-order valence-electron chi connectivity index (χ4n) is 2.31. The molecule has 2 aromatic carbocycles. The van der Waals surface area contributed by atoms with Crippen LogP contribution in [0, 0.1) is 5.82 Å². The van der Waals surface area contributed by atoms with Crippen LogP contribution >= 0.6 is 11.3 Å². The molecule has 0 aliphatic rings. The first kappa shape index (κ1) is 19.4. The zero-order valence-electron chi connectivity index (χ0n) is 14.8. The Hall–Kier alpha value is -3.39. The second kappa shape index (κ2) is 8.53. The fraction of sp³-hybridized carbons (Fsp3) is 0.100. The summed E-state index contributed by atoms with van der Waals surface area (Å²) in [6.07, 6.45) is 0. The number of ether oxygens (including phenoxy) is 1. The highest BCUT2D eigenvalue weighted by atomic mass is 32.1. The van der Waals surface area contributed by atoms with Crippen molar-refractivity contribution < 1.29 is 23.5 Å². The molecule has 0 aliphatic heterocycles. The summed E-state index contributed by atoms with van der Waals surface area (Å²) >= 11 is 1.21. The molecule has 0 saturated heterocycles. The van der Waals surface area contributed by atoms with Crippen molar-refractivity contribution in [2.45, 2.75) is 6.92 Å². The maximum Gasteiger partial charge on any atom is 0.358 e. The van der Waals surface area contributed by atoms with Gasteiger partial charge in [-0.1, -0.05) is 12.1 Å². The predicted molar refractivity (Wildman–Crippen MR) is 103 cm³/mol. The van der Waals surface area contributed by atoms with E-state index in [2.05, 4.69) is 10.3 Å². The number of aromatic nitrogens is 1. The van der Waals surface area contributed by atoms with Crippen LogP contribution in [-0.2, 0) is 9.53 Å². The highest BCUT2D eigenvalue weighted by molar-refractivity contribution is 7.13. The molecule has 6 nitrogen and oxygen atoms in total. The molecule has 0 fully saturated rings. The summed E-state index contributed by atoms with van der Waals surface area (Å²) in [4.78, 5) is 39.6. The van der Waals surface area contributed by atoms with Crippen molar-refractivity contribution >= 4 is 34.7 Å². The molecular formula is C20H15FN2O4S. The van der Waals surface area contributed by atoms with E-state index in [1.165, 1.54) is 41.8 Å². The number of nitrogens with zero attached hydrogens (tertiary/aromatic N) is 1. The summed E-state index contributed by atoms with van der Waals surface area (Å²) < 4.78 is 18.0. The van der Waals surface area contributed by atoms with Crippen molar-refractivity contribution in [1.29, 1.82) is 0 Å². The first-order chi connectivity index (χ1) is 13.4. The molecular weight excluding hydrogens is 383 g/mol. The molecule has 0 unspecified atom stereocenters. The van der Waals surface area contributed by atoms with Gasteiger partial charge in [-0.3, -0.25) is 9.59 Å². The minimum Gasteiger partial charge on any atom is -0.451 e. The van der Waals surface area contributed by atoms with Crippen molar-refractivity contribution in [1.82, 2.24) is 4.98 Å². The number of nitrogens with one attached hydrogen (secondary N) is 1. The molecule has 3 aromatic rings. The Labute approximate surface area is 164 Å². The smallest absolute Gasteiger partial charge is 0.358 e. The van der Waals surface area contributed by atoms with Crippen LogP contribution in [0.3, 0.4) is 0 Å². The molecule has 0 spiro atoms. The van der Waals surface area contributed by atoms with Crippen LogP contribution in [0.5, 0.6) is 0 Å². The maximum atomic E-state index is 13.0. The molecule has 8 heteroatoms. The van der Waals surface area contributed by atoms with Crippen LogP contribution in [-0.4, -0.2) is 29.3 Å². The molecule has 28 heavy (non-hydrogen) atoms. The van der Waals surface area contributed by atoms with Gasteiger partial charge < -0.3 is 10.1 Å². The topological polar surface area (TPSA) is 85.4 Å². The third-order valence-corrected chi connectivity index (χ3v) is 4.58. The number of esters is 1. The van der Waals surface area contributed by atoms with E-state index in [1.54, 1.807) is 30.3 Å². The lowest BCUT2D eigenvalue weighted by Gasteiger charge is -2.06. The molecule has 0 bridgehead atoms. The first-order valence-electron chi connectivity index (χ1n) is 8.22. The summed E-state index contributed by atoms with van der Waals surface area (Å²) in [5.74, 6) is -1.76. The number of rotatable bonds is 6. The zero-order valence-corrected chi connectivity index (χ0v) is 15.6. The number of amides is 1. The summed E-state index contributed by atoms with van der Waals surface area (Å²) in [6.45, 7) is 0.934. The van der Waals surface area contributed by atoms with Gasteiger partial charge in [-0.15, -0.1) is 11.3 Å². The van der Waals surface area contributed by atoms with Crippen LogP contribution < -0.4 is 5.32 Å². The second-order valence-electron chi connectivity index (χ2n) is 5.81. The number of thiazole rings is 1. The van der Waals surface area contributed by atoms with E-state index in [9.17, 15) is 18.8 Å². The van der Waals surface area contributed by atoms with Crippen molar-refractivity contribution in [3.63, 3.8) is 0 Å². The highest BCUT2D eigenvalue weighted by Crippen LogP contribution is 2.24. The summed E-state index contributed by atoms with van der Waals surface area (Å²) in [6, 6.07) is 12.2. The Morgan fingerprint density at radius 2 is 1.89 bits per heavy atom. The summed E-state index contributed by atoms with van der Waals surface area (Å²) in [7, 11) is 0. The third kappa shape index (κ3) is 4.86. The molecule has 0 aliphatic carbocycles. The quantitative estimate of drug-likeness (QED) is 0.502. The lowest BCUT2D eigenvalue weighted by atomic mass is 10.1. The number of anilines is 1. The average Bonchev–Trinajstić information content (AvgIpc) is 3.17. The largest absolute Gasteiger partial charge is 0.451 e. The van der Waals surface area contributed by atoms with Crippen molar-refractivity contribution in [2.75, 3.05) is 11.9 Å². The summed E-state index contributed by atoms with van der Waals surface area (Å²) in [5.41, 5.74) is 1.64. The molecule has 1 heterocycles. The zero-order chi connectivity index (χ0) is 20.1. The van der Waals surface area contributed by atoms with E-state index in [0.29, 0.717) is 21.8 Å². The van der Waals surface area contributed by atoms with Crippen molar-refractivity contribution in [3.05, 3.63) is 71.0 Å². The molecule has 3 rings (SSSR count). The first-order valence-corrected chi connectivity index (χ1v) is 9.10. The van der Waals surface area contributed by atoms with E-state index in [1.807, 2.05) is 0 Å². The third-order valence-electron chi connectivity index (χ3n) is 3.69. The van der Waals surface area contributed by atoms with Gasteiger partial charge in [0.05, 0.1) is 0 Å². The van der Waals surface area contributed by atoms with Gasteiger partial charge in [-0.2, -0.15) is 0 Å². The number of hydrogen-bond donors (Lipinski definition) is 1. The highest BCUT2D eigenvalue weighted by Gasteiger charge is 2.15. The Balaban J connectivity index is 1.57. The standard InChI is InChI=1S/C20H15FN2O4S/c1-12(24)14-3-2-4-16(9-14)22-18(25)10-27-20(26)17-11-28-19(23-17)13-5-7-15(21)8-6-13/h2-9,11H,10H2,1H3,(H,22,25). The van der Waals surface area contributed by atoms with E-state index < -0.39 is 18.5 Å². The van der Waals surface area contributed by atoms with Crippen LogP contribution in [0.1, 0.15) is 27.8 Å². The Bertz CT molecular complexity index is 1030. The molecule has 1 amide bonds. The summed E-state index contributed by atoms with van der Waals surface area (Å²) in [5, 5.41) is 4.61. The molecule has 0 saturated carbocycles. The van der Waals surface area contributed by atoms with E-state index in [0.717, 1.165) is 0 Å². The molecule has 0 radical (unpaired) electrons. The van der Waals surface area contributed by atoms with Crippen LogP contribution in [0.2, 0.25) is 0 Å². The lowest BCUT2D eigenvalue weighted by Crippen LogP contribution is -2.21. The van der Waals surface area contributed by atoms with Crippen molar-refractivity contribution in [3.8, 4) is 10.6 Å². The monoisotopic (exact) mass is 398 g/mol. The number of carbonyl (C=O) groups is 3. The second-order valence-corrected chi connectivity index (χ2v) is 6.66. The van der Waals surface area contributed by atoms with E-state index >= 15 is 0 Å². The Morgan fingerprint density at radius 1 is 1.14 bits per heavy atom. The van der Waals surface area contributed by atoms with Gasteiger partial charge >= 0.3 is 5.97 Å². The van der Waals surface area contributed by atoms with Gasteiger partial charge in [-0.05, 0) is 43.3 Å². The number of hydrogen-bond acceptors (Lipinski definition) is 6. The molecule has 1 aromatic heterocycles. The fourth-order valence-corrected chi connectivity index (χ4v) is 3.11. The van der Waals surface area contributed by atoms with Crippen LogP contribution in [0.25, 0.3) is 10.6 Å². The van der Waals surface area contributed by atoms with Gasteiger partial charge in [0, 0.05) is 22.2 Å². The van der Waals surface area contributed by atoms with E-state index in [-0.39, 0.29) is 17.3 Å². The minimum atomic E-state index is -0.739. The average molecular weight is 398 g/mol. The molecule has 142 valence electrons. The normalized spacial score (nSPS) is 10.4. The van der Waals surface area contributed by atoms with Gasteiger partial charge in [0.15, 0.2) is 18.1 Å². The molecule has 0 atom stereocenters. The maximum absolute atomic E-state index is 13.0. The van der Waals surface area contributed by atoms with Crippen LogP contribution in [0.15, 0.2) is 53.9 Å². The van der Waals surface area contributed by atoms with Gasteiger partial charge in [0.25, 0.3) is 5.91 Å².